The Morgan fingerprint density at radius 3 is 2.00 bits per heavy atom. The van der Waals surface area contributed by atoms with Crippen LogP contribution in [0.15, 0.2) is 0 Å². The van der Waals surface area contributed by atoms with Gasteiger partial charge in [-0.25, -0.2) is 0 Å². The van der Waals surface area contributed by atoms with Gasteiger partial charge < -0.3 is 5.11 Å². The highest BCUT2D eigenvalue weighted by Crippen LogP contribution is 2.05. The fourth-order valence-corrected chi connectivity index (χ4v) is 1.84. The summed E-state index contributed by atoms with van der Waals surface area (Å²) in [5, 5.41) is 9.22. The fourth-order valence-electron chi connectivity index (χ4n) is 1.84. The number of hydrogen-bond acceptors (Lipinski definition) is 3. The average Bonchev–Trinajstić information content (AvgIpc) is 2.04. The maximum atomic E-state index is 9.22. The zero-order valence-corrected chi connectivity index (χ0v) is 9.03. The van der Waals surface area contributed by atoms with Crippen LogP contribution in [0.5, 0.6) is 0 Å². The molecule has 1 saturated heterocycles. The molecule has 1 atom stereocenters. The minimum absolute atomic E-state index is 0.189. The Kier molecular flexibility index (Phi) is 4.16. The summed E-state index contributed by atoms with van der Waals surface area (Å²) in [7, 11) is 0. The van der Waals surface area contributed by atoms with Gasteiger partial charge in [0.25, 0.3) is 0 Å². The van der Waals surface area contributed by atoms with Crippen molar-refractivity contribution in [2.24, 2.45) is 0 Å². The standard InChI is InChI=1S/C10H22N2O/c1-9(2)12-6-4-11(5-7-12)8-10(3)13/h9-10,13H,4-8H2,1-3H3/t10-/m1/s1. The molecule has 3 nitrogen and oxygen atoms in total. The average molecular weight is 186 g/mol. The van der Waals surface area contributed by atoms with Crippen LogP contribution in [0.2, 0.25) is 0 Å². The van der Waals surface area contributed by atoms with Crippen LogP contribution in [0.1, 0.15) is 20.8 Å². The highest BCUT2D eigenvalue weighted by atomic mass is 16.3. The van der Waals surface area contributed by atoms with E-state index in [4.69, 9.17) is 0 Å². The smallest absolute Gasteiger partial charge is 0.0639 e. The van der Waals surface area contributed by atoms with E-state index in [0.29, 0.717) is 6.04 Å². The Labute approximate surface area is 81.3 Å². The molecular formula is C10H22N2O. The molecule has 1 aliphatic rings. The highest BCUT2D eigenvalue weighted by Gasteiger charge is 2.18. The Bertz CT molecular complexity index is 140. The minimum atomic E-state index is -0.189. The van der Waals surface area contributed by atoms with Crippen LogP contribution >= 0.6 is 0 Å². The molecule has 1 heterocycles. The SMILES string of the molecule is CC(C)N1CCN(C[C@@H](C)O)CC1. The number of nitrogens with zero attached hydrogens (tertiary/aromatic N) is 2. The third-order valence-corrected chi connectivity index (χ3v) is 2.66. The molecular weight excluding hydrogens is 164 g/mol. The van der Waals surface area contributed by atoms with Crippen LogP contribution in [-0.2, 0) is 0 Å². The van der Waals surface area contributed by atoms with Crippen molar-refractivity contribution < 1.29 is 5.11 Å². The molecule has 1 rings (SSSR count). The van der Waals surface area contributed by atoms with E-state index in [9.17, 15) is 5.11 Å². The Balaban J connectivity index is 2.22. The lowest BCUT2D eigenvalue weighted by molar-refractivity contribution is 0.0690. The van der Waals surface area contributed by atoms with Gasteiger partial charge in [0.15, 0.2) is 0 Å². The summed E-state index contributed by atoms with van der Waals surface area (Å²) in [5.74, 6) is 0. The van der Waals surface area contributed by atoms with E-state index < -0.39 is 0 Å². The molecule has 1 fully saturated rings. The van der Waals surface area contributed by atoms with E-state index in [1.54, 1.807) is 0 Å². The zero-order valence-electron chi connectivity index (χ0n) is 9.03. The molecule has 0 spiro atoms. The van der Waals surface area contributed by atoms with E-state index >= 15 is 0 Å². The number of β-amino-alcohol motifs (C(OH)–C–C–N with tert-alkyl or cyclic N) is 1. The minimum Gasteiger partial charge on any atom is -0.392 e. The maximum absolute atomic E-state index is 9.22. The molecule has 0 saturated carbocycles. The predicted octanol–water partition coefficient (Wildman–Crippen LogP) is 0.393. The van der Waals surface area contributed by atoms with E-state index in [1.807, 2.05) is 6.92 Å². The Morgan fingerprint density at radius 1 is 1.08 bits per heavy atom. The number of aliphatic hydroxyl groups is 1. The van der Waals surface area contributed by atoms with Gasteiger partial charge in [-0.15, -0.1) is 0 Å². The third kappa shape index (κ3) is 3.63. The van der Waals surface area contributed by atoms with Crippen LogP contribution in [0.25, 0.3) is 0 Å². The molecule has 0 radical (unpaired) electrons. The predicted molar refractivity (Wildman–Crippen MR) is 54.8 cm³/mol. The first-order valence-corrected chi connectivity index (χ1v) is 5.24. The highest BCUT2D eigenvalue weighted by molar-refractivity contribution is 4.74. The lowest BCUT2D eigenvalue weighted by Gasteiger charge is -2.37. The van der Waals surface area contributed by atoms with E-state index in [2.05, 4.69) is 23.6 Å². The first-order chi connectivity index (χ1) is 6.09. The van der Waals surface area contributed by atoms with Crippen LogP contribution in [0, 0.1) is 0 Å². The summed E-state index contributed by atoms with van der Waals surface area (Å²) in [6.07, 6.45) is -0.189. The molecule has 0 bridgehead atoms. The molecule has 78 valence electrons. The lowest BCUT2D eigenvalue weighted by Crippen LogP contribution is -2.50. The van der Waals surface area contributed by atoms with Crippen LogP contribution in [-0.4, -0.2) is 59.8 Å². The van der Waals surface area contributed by atoms with Crippen molar-refractivity contribution in [2.45, 2.75) is 32.9 Å². The molecule has 3 heteroatoms. The molecule has 0 unspecified atom stereocenters. The van der Waals surface area contributed by atoms with E-state index in [0.717, 1.165) is 32.7 Å². The van der Waals surface area contributed by atoms with Gasteiger partial charge in [0.05, 0.1) is 6.10 Å². The van der Waals surface area contributed by atoms with Crippen molar-refractivity contribution in [3.05, 3.63) is 0 Å². The van der Waals surface area contributed by atoms with Crippen LogP contribution in [0.4, 0.5) is 0 Å². The first kappa shape index (κ1) is 11.0. The van der Waals surface area contributed by atoms with Crippen molar-refractivity contribution in [2.75, 3.05) is 32.7 Å². The van der Waals surface area contributed by atoms with Gasteiger partial charge in [-0.05, 0) is 20.8 Å². The third-order valence-electron chi connectivity index (χ3n) is 2.66. The topological polar surface area (TPSA) is 26.7 Å². The van der Waals surface area contributed by atoms with Gasteiger partial charge in [-0.3, -0.25) is 9.80 Å². The molecule has 13 heavy (non-hydrogen) atoms. The van der Waals surface area contributed by atoms with Crippen molar-refractivity contribution in [3.8, 4) is 0 Å². The number of aliphatic hydroxyl groups excluding tert-OH is 1. The Morgan fingerprint density at radius 2 is 1.62 bits per heavy atom. The van der Waals surface area contributed by atoms with Gasteiger partial charge in [0.2, 0.25) is 0 Å². The largest absolute Gasteiger partial charge is 0.392 e. The summed E-state index contributed by atoms with van der Waals surface area (Å²) in [4.78, 5) is 4.82. The fraction of sp³-hybridized carbons (Fsp3) is 1.00. The normalized spacial score (nSPS) is 23.8. The molecule has 0 aromatic carbocycles. The van der Waals surface area contributed by atoms with Gasteiger partial charge in [-0.2, -0.15) is 0 Å². The van der Waals surface area contributed by atoms with Crippen molar-refractivity contribution in [1.82, 2.24) is 9.80 Å². The van der Waals surface area contributed by atoms with Gasteiger partial charge >= 0.3 is 0 Å². The molecule has 1 aliphatic heterocycles. The van der Waals surface area contributed by atoms with E-state index in [-0.39, 0.29) is 6.10 Å². The van der Waals surface area contributed by atoms with Gasteiger partial charge in [0, 0.05) is 38.8 Å². The van der Waals surface area contributed by atoms with Crippen molar-refractivity contribution >= 4 is 0 Å². The second-order valence-electron chi connectivity index (χ2n) is 4.28. The van der Waals surface area contributed by atoms with Gasteiger partial charge in [0.1, 0.15) is 0 Å². The molecule has 0 aromatic heterocycles. The van der Waals surface area contributed by atoms with Crippen molar-refractivity contribution in [3.63, 3.8) is 0 Å². The van der Waals surface area contributed by atoms with Crippen LogP contribution in [0.3, 0.4) is 0 Å². The maximum Gasteiger partial charge on any atom is 0.0639 e. The lowest BCUT2D eigenvalue weighted by atomic mass is 10.2. The number of rotatable bonds is 3. The molecule has 0 aliphatic carbocycles. The van der Waals surface area contributed by atoms with Crippen molar-refractivity contribution in [1.29, 1.82) is 0 Å². The molecule has 1 N–H and O–H groups in total. The summed E-state index contributed by atoms with van der Waals surface area (Å²) in [6.45, 7) is 11.6. The molecule has 0 aromatic rings. The zero-order chi connectivity index (χ0) is 9.84. The quantitative estimate of drug-likeness (QED) is 0.691. The summed E-state index contributed by atoms with van der Waals surface area (Å²) in [6, 6.07) is 0.661. The first-order valence-electron chi connectivity index (χ1n) is 5.24. The Hall–Kier alpha value is -0.120. The molecule has 0 amide bonds. The van der Waals surface area contributed by atoms with Crippen LogP contribution < -0.4 is 0 Å². The summed E-state index contributed by atoms with van der Waals surface area (Å²) in [5.41, 5.74) is 0. The summed E-state index contributed by atoms with van der Waals surface area (Å²) < 4.78 is 0. The van der Waals surface area contributed by atoms with Gasteiger partial charge in [-0.1, -0.05) is 0 Å². The summed E-state index contributed by atoms with van der Waals surface area (Å²) >= 11 is 0. The second-order valence-corrected chi connectivity index (χ2v) is 4.28. The second kappa shape index (κ2) is 4.94. The van der Waals surface area contributed by atoms with E-state index in [1.165, 1.54) is 0 Å². The monoisotopic (exact) mass is 186 g/mol. The number of hydrogen-bond donors (Lipinski definition) is 1. The number of piperazine rings is 1.